The minimum absolute atomic E-state index is 0.00916. The molecule has 4 nitrogen and oxygen atoms in total. The number of anilines is 1. The second-order valence-electron chi connectivity index (χ2n) is 7.42. The molecule has 0 radical (unpaired) electrons. The van der Waals surface area contributed by atoms with E-state index in [1.807, 2.05) is 34.1 Å². The molecule has 2 aromatic carbocycles. The molecule has 0 unspecified atom stereocenters. The van der Waals surface area contributed by atoms with Crippen LogP contribution in [0, 0.1) is 0 Å². The molecule has 144 valence electrons. The number of hydrogen-bond donors (Lipinski definition) is 1. The minimum atomic E-state index is -0.00916. The molecule has 6 heteroatoms. The van der Waals surface area contributed by atoms with E-state index in [1.54, 1.807) is 0 Å². The number of nitrogens with zero attached hydrogens (tertiary/aromatic N) is 2. The van der Waals surface area contributed by atoms with E-state index in [4.69, 9.17) is 11.6 Å². The molecule has 1 aliphatic rings. The van der Waals surface area contributed by atoms with Crippen molar-refractivity contribution in [2.75, 3.05) is 11.4 Å². The number of aryl methyl sites for hydroxylation is 1. The van der Waals surface area contributed by atoms with Crippen LogP contribution in [0.25, 0.3) is 21.1 Å². The molecule has 28 heavy (non-hydrogen) atoms. The second-order valence-corrected chi connectivity index (χ2v) is 9.00. The zero-order valence-electron chi connectivity index (χ0n) is 15.8. The molecule has 5 rings (SSSR count). The number of halogens is 1. The topological polar surface area (TPSA) is 41.0 Å². The highest BCUT2D eigenvalue weighted by atomic mass is 35.5. The maximum absolute atomic E-state index is 12.5. The Hall–Kier alpha value is -2.24. The second kappa shape index (κ2) is 6.98. The molecular weight excluding hydrogens is 390 g/mol. The Labute approximate surface area is 172 Å². The van der Waals surface area contributed by atoms with E-state index in [-0.39, 0.29) is 5.69 Å². The average Bonchev–Trinajstić information content (AvgIpc) is 3.22. The normalized spacial score (nSPS) is 14.1. The fourth-order valence-corrected chi connectivity index (χ4v) is 5.68. The maximum atomic E-state index is 12.5. The van der Waals surface area contributed by atoms with Gasteiger partial charge in [-0.05, 0) is 54.1 Å². The Morgan fingerprint density at radius 2 is 2.14 bits per heavy atom. The summed E-state index contributed by atoms with van der Waals surface area (Å²) in [7, 11) is 0. The van der Waals surface area contributed by atoms with Gasteiger partial charge < -0.3 is 9.88 Å². The third kappa shape index (κ3) is 2.85. The van der Waals surface area contributed by atoms with E-state index in [9.17, 15) is 4.79 Å². The molecule has 0 amide bonds. The number of aromatic amines is 1. The summed E-state index contributed by atoms with van der Waals surface area (Å²) in [5.74, 6) is 0. The highest BCUT2D eigenvalue weighted by Gasteiger charge is 2.24. The summed E-state index contributed by atoms with van der Waals surface area (Å²) in [4.78, 5) is 19.4. The van der Waals surface area contributed by atoms with E-state index >= 15 is 0 Å². The van der Waals surface area contributed by atoms with Crippen LogP contribution in [0.2, 0.25) is 5.02 Å². The van der Waals surface area contributed by atoms with Gasteiger partial charge in [-0.1, -0.05) is 31.0 Å². The van der Waals surface area contributed by atoms with Crippen molar-refractivity contribution in [3.63, 3.8) is 0 Å². The first-order valence-electron chi connectivity index (χ1n) is 9.82. The lowest BCUT2D eigenvalue weighted by atomic mass is 10.0. The fraction of sp³-hybridized carbons (Fsp3) is 0.318. The molecule has 1 N–H and O–H groups in total. The third-order valence-corrected chi connectivity index (χ3v) is 7.08. The molecule has 0 saturated heterocycles. The number of rotatable bonds is 4. The first-order valence-corrected chi connectivity index (χ1v) is 11.0. The molecule has 0 spiro atoms. The van der Waals surface area contributed by atoms with Crippen LogP contribution < -0.4 is 10.6 Å². The van der Waals surface area contributed by atoms with E-state index in [0.29, 0.717) is 0 Å². The number of benzene rings is 2. The number of imidazole rings is 1. The fourth-order valence-electron chi connectivity index (χ4n) is 4.26. The van der Waals surface area contributed by atoms with Crippen molar-refractivity contribution in [2.24, 2.45) is 0 Å². The number of hydrogen-bond acceptors (Lipinski definition) is 3. The first kappa shape index (κ1) is 17.8. The van der Waals surface area contributed by atoms with Crippen LogP contribution in [0.15, 0.2) is 41.2 Å². The van der Waals surface area contributed by atoms with Gasteiger partial charge in [-0.25, -0.2) is 4.79 Å². The summed E-state index contributed by atoms with van der Waals surface area (Å²) in [6.07, 6.45) is 3.07. The SMILES string of the molecule is CCCCn1c(=O)[nH]c2cccc(N3CCc4c(sc5ccc(Cl)cc45)C3)c21. The Bertz CT molecular complexity index is 1240. The third-order valence-electron chi connectivity index (χ3n) is 5.65. The van der Waals surface area contributed by atoms with E-state index in [1.165, 1.54) is 20.5 Å². The van der Waals surface area contributed by atoms with Crippen molar-refractivity contribution in [1.82, 2.24) is 9.55 Å². The molecule has 2 aromatic heterocycles. The molecule has 4 aromatic rings. The molecule has 0 bridgehead atoms. The van der Waals surface area contributed by atoms with Gasteiger partial charge in [-0.2, -0.15) is 0 Å². The summed E-state index contributed by atoms with van der Waals surface area (Å²) >= 11 is 8.09. The van der Waals surface area contributed by atoms with Crippen LogP contribution >= 0.6 is 22.9 Å². The van der Waals surface area contributed by atoms with Crippen molar-refractivity contribution >= 4 is 49.7 Å². The Morgan fingerprint density at radius 3 is 3.00 bits per heavy atom. The number of nitrogens with one attached hydrogen (secondary N) is 1. The quantitative estimate of drug-likeness (QED) is 0.477. The number of thiophene rings is 1. The van der Waals surface area contributed by atoms with Gasteiger partial charge in [0.25, 0.3) is 0 Å². The Balaban J connectivity index is 1.58. The summed E-state index contributed by atoms with van der Waals surface area (Å²) in [5, 5.41) is 2.10. The molecule has 3 heterocycles. The van der Waals surface area contributed by atoms with Crippen LogP contribution in [-0.4, -0.2) is 16.1 Å². The van der Waals surface area contributed by atoms with Gasteiger partial charge in [0.1, 0.15) is 0 Å². The molecule has 1 aliphatic heterocycles. The van der Waals surface area contributed by atoms with E-state index < -0.39 is 0 Å². The maximum Gasteiger partial charge on any atom is 0.326 e. The Morgan fingerprint density at radius 1 is 1.25 bits per heavy atom. The van der Waals surface area contributed by atoms with Crippen molar-refractivity contribution in [3.05, 3.63) is 62.3 Å². The van der Waals surface area contributed by atoms with Crippen LogP contribution in [0.1, 0.15) is 30.2 Å². The van der Waals surface area contributed by atoms with Gasteiger partial charge in [0.15, 0.2) is 0 Å². The van der Waals surface area contributed by atoms with Gasteiger partial charge >= 0.3 is 5.69 Å². The van der Waals surface area contributed by atoms with Crippen LogP contribution in [0.3, 0.4) is 0 Å². The number of fused-ring (bicyclic) bond motifs is 4. The number of unbranched alkanes of at least 4 members (excludes halogenated alkanes) is 1. The number of para-hydroxylation sites is 1. The molecule has 0 atom stereocenters. The van der Waals surface area contributed by atoms with Gasteiger partial charge in [0.05, 0.1) is 23.3 Å². The number of aromatic nitrogens is 2. The van der Waals surface area contributed by atoms with Gasteiger partial charge in [-0.3, -0.25) is 4.57 Å². The zero-order chi connectivity index (χ0) is 19.3. The summed E-state index contributed by atoms with van der Waals surface area (Å²) in [6.45, 7) is 4.73. The summed E-state index contributed by atoms with van der Waals surface area (Å²) < 4.78 is 3.21. The van der Waals surface area contributed by atoms with Crippen LogP contribution in [0.5, 0.6) is 0 Å². The summed E-state index contributed by atoms with van der Waals surface area (Å²) in [6, 6.07) is 12.4. The van der Waals surface area contributed by atoms with E-state index in [0.717, 1.165) is 60.6 Å². The van der Waals surface area contributed by atoms with Gasteiger partial charge in [0, 0.05) is 27.7 Å². The largest absolute Gasteiger partial charge is 0.364 e. The lowest BCUT2D eigenvalue weighted by Gasteiger charge is -2.30. The predicted molar refractivity (Wildman–Crippen MR) is 119 cm³/mol. The summed E-state index contributed by atoms with van der Waals surface area (Å²) in [5.41, 5.74) is 4.53. The van der Waals surface area contributed by atoms with E-state index in [2.05, 4.69) is 35.0 Å². The standard InChI is InChI=1S/C22H22ClN3OS/c1-2-3-10-26-21-17(24-22(26)27)5-4-6-18(21)25-11-9-15-16-12-14(23)7-8-19(16)28-20(15)13-25/h4-8,12H,2-3,9-11,13H2,1H3,(H,24,27). The van der Waals surface area contributed by atoms with Gasteiger partial charge in [0.2, 0.25) is 0 Å². The Kier molecular flexibility index (Phi) is 4.44. The highest BCUT2D eigenvalue weighted by Crippen LogP contribution is 2.38. The zero-order valence-corrected chi connectivity index (χ0v) is 17.4. The minimum Gasteiger partial charge on any atom is -0.364 e. The lowest BCUT2D eigenvalue weighted by molar-refractivity contribution is 0.628. The van der Waals surface area contributed by atoms with Crippen LogP contribution in [0.4, 0.5) is 5.69 Å². The van der Waals surface area contributed by atoms with Crippen LogP contribution in [-0.2, 0) is 19.5 Å². The first-order chi connectivity index (χ1) is 13.7. The van der Waals surface area contributed by atoms with Crippen molar-refractivity contribution in [1.29, 1.82) is 0 Å². The number of H-pyrrole nitrogens is 1. The highest BCUT2D eigenvalue weighted by molar-refractivity contribution is 7.19. The smallest absolute Gasteiger partial charge is 0.326 e. The predicted octanol–water partition coefficient (Wildman–Crippen LogP) is 5.56. The molecule has 0 saturated carbocycles. The van der Waals surface area contributed by atoms with Crippen molar-refractivity contribution < 1.29 is 0 Å². The average molecular weight is 412 g/mol. The molecular formula is C22H22ClN3OS. The lowest BCUT2D eigenvalue weighted by Crippen LogP contribution is -2.30. The molecule has 0 fully saturated rings. The van der Waals surface area contributed by atoms with Gasteiger partial charge in [-0.15, -0.1) is 11.3 Å². The van der Waals surface area contributed by atoms with Crippen molar-refractivity contribution in [2.45, 2.75) is 39.3 Å². The van der Waals surface area contributed by atoms with Crippen molar-refractivity contribution in [3.8, 4) is 0 Å². The molecule has 0 aliphatic carbocycles. The monoisotopic (exact) mass is 411 g/mol.